The van der Waals surface area contributed by atoms with Crippen LogP contribution in [-0.2, 0) is 4.74 Å². The Morgan fingerprint density at radius 2 is 1.82 bits per heavy atom. The molecule has 1 saturated heterocycles. The highest BCUT2D eigenvalue weighted by Gasteiger charge is 2.40. The molecule has 0 aliphatic carbocycles. The van der Waals surface area contributed by atoms with Gasteiger partial charge in [0.05, 0.1) is 23.5 Å². The summed E-state index contributed by atoms with van der Waals surface area (Å²) in [6.07, 6.45) is 2.50. The molecule has 4 rings (SSSR count). The Balaban J connectivity index is 1.74. The number of hydrazine groups is 1. The van der Waals surface area contributed by atoms with Crippen molar-refractivity contribution in [2.45, 2.75) is 31.9 Å². The van der Waals surface area contributed by atoms with Crippen LogP contribution in [0, 0.1) is 0 Å². The van der Waals surface area contributed by atoms with E-state index in [9.17, 15) is 0 Å². The molecule has 0 saturated carbocycles. The molecule has 1 fully saturated rings. The van der Waals surface area contributed by atoms with Gasteiger partial charge >= 0.3 is 0 Å². The molecule has 2 atom stereocenters. The number of hydrogen-bond donors (Lipinski definition) is 0. The lowest BCUT2D eigenvalue weighted by Crippen LogP contribution is -2.45. The van der Waals surface area contributed by atoms with Crippen LogP contribution in [0.15, 0.2) is 54.6 Å². The number of anilines is 2. The van der Waals surface area contributed by atoms with E-state index >= 15 is 0 Å². The third kappa shape index (κ3) is 2.17. The fourth-order valence-corrected chi connectivity index (χ4v) is 3.80. The molecule has 0 amide bonds. The molecule has 3 nitrogen and oxygen atoms in total. The molecule has 22 heavy (non-hydrogen) atoms. The summed E-state index contributed by atoms with van der Waals surface area (Å²) in [7, 11) is 0. The number of para-hydroxylation sites is 2. The Morgan fingerprint density at radius 1 is 1.05 bits per heavy atom. The van der Waals surface area contributed by atoms with Crippen molar-refractivity contribution < 1.29 is 4.74 Å². The zero-order chi connectivity index (χ0) is 14.9. The van der Waals surface area contributed by atoms with Crippen LogP contribution in [-0.4, -0.2) is 19.2 Å². The first-order valence-corrected chi connectivity index (χ1v) is 8.20. The molecule has 2 aromatic carbocycles. The Bertz CT molecular complexity index is 643. The molecule has 2 aliphatic heterocycles. The molecular formula is C19H22N2O. The van der Waals surface area contributed by atoms with Crippen molar-refractivity contribution in [3.8, 4) is 0 Å². The van der Waals surface area contributed by atoms with Gasteiger partial charge in [0.25, 0.3) is 0 Å². The second kappa shape index (κ2) is 5.65. The van der Waals surface area contributed by atoms with E-state index < -0.39 is 0 Å². The van der Waals surface area contributed by atoms with E-state index in [4.69, 9.17) is 4.74 Å². The van der Waals surface area contributed by atoms with Crippen molar-refractivity contribution >= 4 is 11.4 Å². The van der Waals surface area contributed by atoms with Crippen LogP contribution in [0.1, 0.15) is 31.4 Å². The van der Waals surface area contributed by atoms with E-state index in [0.717, 1.165) is 19.6 Å². The van der Waals surface area contributed by atoms with Crippen molar-refractivity contribution in [1.29, 1.82) is 0 Å². The van der Waals surface area contributed by atoms with Gasteiger partial charge in [-0.2, -0.15) is 0 Å². The summed E-state index contributed by atoms with van der Waals surface area (Å²) in [4.78, 5) is 0. The predicted octanol–water partition coefficient (Wildman–Crippen LogP) is 4.17. The minimum Gasteiger partial charge on any atom is -0.374 e. The Morgan fingerprint density at radius 3 is 2.64 bits per heavy atom. The molecule has 0 spiro atoms. The van der Waals surface area contributed by atoms with Crippen molar-refractivity contribution in [1.82, 2.24) is 0 Å². The first-order chi connectivity index (χ1) is 10.9. The van der Waals surface area contributed by atoms with Gasteiger partial charge in [-0.3, -0.25) is 10.0 Å². The summed E-state index contributed by atoms with van der Waals surface area (Å²) in [6.45, 7) is 3.93. The molecule has 3 heteroatoms. The molecule has 0 unspecified atom stereocenters. The highest BCUT2D eigenvalue weighted by molar-refractivity contribution is 5.65. The summed E-state index contributed by atoms with van der Waals surface area (Å²) >= 11 is 0. The van der Waals surface area contributed by atoms with Gasteiger partial charge in [0.2, 0.25) is 0 Å². The first kappa shape index (κ1) is 13.6. The molecular weight excluding hydrogens is 272 g/mol. The van der Waals surface area contributed by atoms with Crippen LogP contribution < -0.4 is 10.0 Å². The molecule has 0 radical (unpaired) electrons. The quantitative estimate of drug-likeness (QED) is 0.845. The molecule has 2 aromatic rings. The predicted molar refractivity (Wildman–Crippen MR) is 90.1 cm³/mol. The standard InChI is InChI=1S/C19H22N2O/c1-2-22-19-14-16-12-13-20(15-8-4-3-5-9-15)21(16)18-11-7-6-10-17(18)19/h3-11,16,19H,2,12-14H2,1H3/t16-,19+/m1/s1. The lowest BCUT2D eigenvalue weighted by atomic mass is 9.94. The summed E-state index contributed by atoms with van der Waals surface area (Å²) in [6, 6.07) is 19.9. The van der Waals surface area contributed by atoms with Gasteiger partial charge < -0.3 is 4.74 Å². The second-order valence-corrected chi connectivity index (χ2v) is 5.98. The molecule has 0 N–H and O–H groups in total. The van der Waals surface area contributed by atoms with E-state index in [2.05, 4.69) is 71.5 Å². The SMILES string of the molecule is CCO[C@H]1C[C@H]2CCN(c3ccccc3)N2c2ccccc21. The first-order valence-electron chi connectivity index (χ1n) is 8.20. The normalized spacial score (nSPS) is 23.3. The monoisotopic (exact) mass is 294 g/mol. The maximum Gasteiger partial charge on any atom is 0.0865 e. The van der Waals surface area contributed by atoms with Gasteiger partial charge in [-0.25, -0.2) is 0 Å². The van der Waals surface area contributed by atoms with Crippen LogP contribution in [0.25, 0.3) is 0 Å². The average Bonchev–Trinajstić information content (AvgIpc) is 3.00. The summed E-state index contributed by atoms with van der Waals surface area (Å²) < 4.78 is 6.01. The van der Waals surface area contributed by atoms with Gasteiger partial charge in [-0.05, 0) is 31.5 Å². The molecule has 0 aromatic heterocycles. The fraction of sp³-hybridized carbons (Fsp3) is 0.368. The van der Waals surface area contributed by atoms with E-state index in [1.807, 2.05) is 0 Å². The summed E-state index contributed by atoms with van der Waals surface area (Å²) in [5.41, 5.74) is 3.90. The van der Waals surface area contributed by atoms with Gasteiger partial charge in [0.15, 0.2) is 0 Å². The Hall–Kier alpha value is -2.00. The molecule has 2 aliphatic rings. The third-order valence-electron chi connectivity index (χ3n) is 4.72. The van der Waals surface area contributed by atoms with Gasteiger partial charge in [0, 0.05) is 25.1 Å². The van der Waals surface area contributed by atoms with E-state index in [1.54, 1.807) is 0 Å². The van der Waals surface area contributed by atoms with Crippen molar-refractivity contribution in [3.63, 3.8) is 0 Å². The molecule has 114 valence electrons. The Kier molecular flexibility index (Phi) is 3.51. The largest absolute Gasteiger partial charge is 0.374 e. The van der Waals surface area contributed by atoms with E-state index in [0.29, 0.717) is 6.04 Å². The highest BCUT2D eigenvalue weighted by Crippen LogP contribution is 2.44. The number of rotatable bonds is 3. The smallest absolute Gasteiger partial charge is 0.0865 e. The minimum atomic E-state index is 0.234. The van der Waals surface area contributed by atoms with Crippen molar-refractivity contribution in [2.24, 2.45) is 0 Å². The summed E-state index contributed by atoms with van der Waals surface area (Å²) in [5, 5.41) is 4.91. The number of fused-ring (bicyclic) bond motifs is 3. The molecule has 0 bridgehead atoms. The van der Waals surface area contributed by atoms with Gasteiger partial charge in [-0.15, -0.1) is 0 Å². The Labute approximate surface area is 132 Å². The average molecular weight is 294 g/mol. The van der Waals surface area contributed by atoms with Gasteiger partial charge in [0.1, 0.15) is 0 Å². The van der Waals surface area contributed by atoms with E-state index in [-0.39, 0.29) is 6.10 Å². The second-order valence-electron chi connectivity index (χ2n) is 5.98. The lowest BCUT2D eigenvalue weighted by Gasteiger charge is -2.42. The maximum atomic E-state index is 6.01. The van der Waals surface area contributed by atoms with Crippen LogP contribution in [0.2, 0.25) is 0 Å². The van der Waals surface area contributed by atoms with Crippen LogP contribution in [0.4, 0.5) is 11.4 Å². The number of ether oxygens (including phenoxy) is 1. The zero-order valence-corrected chi connectivity index (χ0v) is 13.0. The fourth-order valence-electron chi connectivity index (χ4n) is 3.80. The van der Waals surface area contributed by atoms with Crippen molar-refractivity contribution in [3.05, 3.63) is 60.2 Å². The zero-order valence-electron chi connectivity index (χ0n) is 13.0. The minimum absolute atomic E-state index is 0.234. The van der Waals surface area contributed by atoms with Crippen LogP contribution in [0.3, 0.4) is 0 Å². The lowest BCUT2D eigenvalue weighted by molar-refractivity contribution is 0.0479. The van der Waals surface area contributed by atoms with Crippen molar-refractivity contribution in [2.75, 3.05) is 23.2 Å². The highest BCUT2D eigenvalue weighted by atomic mass is 16.5. The van der Waals surface area contributed by atoms with Crippen LogP contribution >= 0.6 is 0 Å². The van der Waals surface area contributed by atoms with Crippen LogP contribution in [0.5, 0.6) is 0 Å². The van der Waals surface area contributed by atoms with E-state index in [1.165, 1.54) is 23.4 Å². The summed E-state index contributed by atoms with van der Waals surface area (Å²) in [5.74, 6) is 0. The van der Waals surface area contributed by atoms with Gasteiger partial charge in [-0.1, -0.05) is 36.4 Å². The topological polar surface area (TPSA) is 15.7 Å². The number of benzene rings is 2. The third-order valence-corrected chi connectivity index (χ3v) is 4.72. The maximum absolute atomic E-state index is 6.01. The number of nitrogens with zero attached hydrogens (tertiary/aromatic N) is 2. The number of hydrogen-bond acceptors (Lipinski definition) is 3. The molecule has 2 heterocycles.